The Kier molecular flexibility index (Phi) is 3.68. The molecule has 2 aliphatic rings. The summed E-state index contributed by atoms with van der Waals surface area (Å²) in [7, 11) is 0. The van der Waals surface area contributed by atoms with Crippen LogP contribution in [0.3, 0.4) is 0 Å². The van der Waals surface area contributed by atoms with Crippen LogP contribution >= 0.6 is 0 Å². The number of aliphatic hydroxyl groups is 3. The fourth-order valence-corrected chi connectivity index (χ4v) is 3.56. The molecule has 0 bridgehead atoms. The zero-order chi connectivity index (χ0) is 16.9. The SMILES string of the molecule is C[C@]1(O)C(n2cnc3c(N4CCCC4)ncnc32)O[C@H](CO)[C@H]1O. The topological polar surface area (TPSA) is 117 Å². The Morgan fingerprint density at radius 2 is 2.04 bits per heavy atom. The van der Waals surface area contributed by atoms with E-state index in [1.807, 2.05) is 0 Å². The summed E-state index contributed by atoms with van der Waals surface area (Å²) in [5.74, 6) is 0.771. The molecule has 4 heterocycles. The summed E-state index contributed by atoms with van der Waals surface area (Å²) < 4.78 is 7.25. The van der Waals surface area contributed by atoms with E-state index in [9.17, 15) is 15.3 Å². The van der Waals surface area contributed by atoms with Crippen LogP contribution in [0, 0.1) is 0 Å². The standard InChI is InChI=1S/C15H21N5O4/c1-15(23)11(22)9(6-21)24-14(15)20-8-18-10-12(16-7-17-13(10)20)19-4-2-3-5-19/h7-9,11,14,21-23H,2-6H2,1H3/t9-,11-,14?,15-/m1/s1. The van der Waals surface area contributed by atoms with E-state index in [1.54, 1.807) is 4.57 Å². The van der Waals surface area contributed by atoms with Gasteiger partial charge in [0.25, 0.3) is 0 Å². The fourth-order valence-electron chi connectivity index (χ4n) is 3.56. The number of imidazole rings is 1. The molecule has 0 spiro atoms. The van der Waals surface area contributed by atoms with Crippen molar-refractivity contribution < 1.29 is 20.1 Å². The molecule has 9 heteroatoms. The molecule has 2 aromatic rings. The number of aromatic nitrogens is 4. The van der Waals surface area contributed by atoms with Crippen LogP contribution in [0.5, 0.6) is 0 Å². The molecule has 4 rings (SSSR count). The monoisotopic (exact) mass is 335 g/mol. The molecule has 2 aromatic heterocycles. The largest absolute Gasteiger partial charge is 0.394 e. The Bertz CT molecular complexity index is 743. The van der Waals surface area contributed by atoms with Crippen molar-refractivity contribution in [2.45, 2.75) is 43.8 Å². The first kappa shape index (κ1) is 15.7. The van der Waals surface area contributed by atoms with Gasteiger partial charge in [-0.3, -0.25) is 4.57 Å². The molecular formula is C15H21N5O4. The van der Waals surface area contributed by atoms with Gasteiger partial charge in [0.1, 0.15) is 24.1 Å². The Morgan fingerprint density at radius 3 is 2.71 bits per heavy atom. The van der Waals surface area contributed by atoms with Crippen LogP contribution in [0.1, 0.15) is 26.0 Å². The summed E-state index contributed by atoms with van der Waals surface area (Å²) >= 11 is 0. The van der Waals surface area contributed by atoms with E-state index >= 15 is 0 Å². The smallest absolute Gasteiger partial charge is 0.168 e. The molecule has 130 valence electrons. The third kappa shape index (κ3) is 2.20. The molecule has 0 amide bonds. The molecular weight excluding hydrogens is 314 g/mol. The molecule has 0 radical (unpaired) electrons. The normalized spacial score (nSPS) is 33.7. The van der Waals surface area contributed by atoms with Crippen molar-refractivity contribution in [2.75, 3.05) is 24.6 Å². The van der Waals surface area contributed by atoms with Crippen LogP contribution in [0.15, 0.2) is 12.7 Å². The van der Waals surface area contributed by atoms with Gasteiger partial charge in [0.2, 0.25) is 0 Å². The average molecular weight is 335 g/mol. The summed E-state index contributed by atoms with van der Waals surface area (Å²) in [5, 5.41) is 30.2. The summed E-state index contributed by atoms with van der Waals surface area (Å²) in [6.45, 7) is 2.96. The highest BCUT2D eigenvalue weighted by Gasteiger charge is 2.53. The number of ether oxygens (including phenoxy) is 1. The van der Waals surface area contributed by atoms with E-state index in [0.29, 0.717) is 11.2 Å². The van der Waals surface area contributed by atoms with Crippen molar-refractivity contribution in [3.8, 4) is 0 Å². The highest BCUT2D eigenvalue weighted by atomic mass is 16.6. The molecule has 0 aliphatic carbocycles. The lowest BCUT2D eigenvalue weighted by atomic mass is 9.96. The average Bonchev–Trinajstić information content (AvgIpc) is 3.28. The molecule has 2 saturated heterocycles. The molecule has 1 unspecified atom stereocenters. The highest BCUT2D eigenvalue weighted by molar-refractivity contribution is 5.83. The first-order chi connectivity index (χ1) is 11.5. The van der Waals surface area contributed by atoms with Crippen molar-refractivity contribution in [1.29, 1.82) is 0 Å². The minimum Gasteiger partial charge on any atom is -0.394 e. The van der Waals surface area contributed by atoms with Crippen LogP contribution in [0.2, 0.25) is 0 Å². The van der Waals surface area contributed by atoms with Crippen LogP contribution < -0.4 is 4.90 Å². The second-order valence-electron chi connectivity index (χ2n) is 6.60. The summed E-state index contributed by atoms with van der Waals surface area (Å²) in [4.78, 5) is 15.2. The number of fused-ring (bicyclic) bond motifs is 1. The first-order valence-corrected chi connectivity index (χ1v) is 8.13. The molecule has 0 aromatic carbocycles. The maximum atomic E-state index is 10.6. The second-order valence-corrected chi connectivity index (χ2v) is 6.60. The van der Waals surface area contributed by atoms with Crippen molar-refractivity contribution in [3.63, 3.8) is 0 Å². The van der Waals surface area contributed by atoms with E-state index in [-0.39, 0.29) is 6.61 Å². The van der Waals surface area contributed by atoms with E-state index < -0.39 is 24.0 Å². The van der Waals surface area contributed by atoms with Crippen molar-refractivity contribution >= 4 is 17.0 Å². The van der Waals surface area contributed by atoms with Gasteiger partial charge in [-0.25, -0.2) is 15.0 Å². The number of hydrogen-bond acceptors (Lipinski definition) is 8. The van der Waals surface area contributed by atoms with E-state index in [1.165, 1.54) is 19.6 Å². The van der Waals surface area contributed by atoms with E-state index in [0.717, 1.165) is 31.7 Å². The van der Waals surface area contributed by atoms with E-state index in [4.69, 9.17) is 4.74 Å². The molecule has 24 heavy (non-hydrogen) atoms. The van der Waals surface area contributed by atoms with Crippen LogP contribution in [-0.2, 0) is 4.74 Å². The van der Waals surface area contributed by atoms with Gasteiger partial charge in [0.05, 0.1) is 12.9 Å². The predicted octanol–water partition coefficient (Wildman–Crippen LogP) is -0.572. The molecule has 4 atom stereocenters. The Labute approximate surface area is 138 Å². The lowest BCUT2D eigenvalue weighted by molar-refractivity contribution is -0.0950. The van der Waals surface area contributed by atoms with Crippen LogP contribution in [-0.4, -0.2) is 72.3 Å². The lowest BCUT2D eigenvalue weighted by Crippen LogP contribution is -2.44. The predicted molar refractivity (Wildman–Crippen MR) is 84.4 cm³/mol. The van der Waals surface area contributed by atoms with Gasteiger partial charge in [0, 0.05) is 13.1 Å². The molecule has 2 aliphatic heterocycles. The Balaban J connectivity index is 1.77. The Hall–Kier alpha value is -1.81. The number of anilines is 1. The van der Waals surface area contributed by atoms with Crippen molar-refractivity contribution in [3.05, 3.63) is 12.7 Å². The quantitative estimate of drug-likeness (QED) is 0.683. The highest BCUT2D eigenvalue weighted by Crippen LogP contribution is 2.39. The van der Waals surface area contributed by atoms with Gasteiger partial charge in [-0.05, 0) is 19.8 Å². The fraction of sp³-hybridized carbons (Fsp3) is 0.667. The number of hydrogen-bond donors (Lipinski definition) is 3. The maximum Gasteiger partial charge on any atom is 0.168 e. The van der Waals surface area contributed by atoms with Gasteiger partial charge < -0.3 is 25.0 Å². The Morgan fingerprint density at radius 1 is 1.29 bits per heavy atom. The third-order valence-corrected chi connectivity index (χ3v) is 4.93. The van der Waals surface area contributed by atoms with E-state index in [2.05, 4.69) is 19.9 Å². The third-order valence-electron chi connectivity index (χ3n) is 4.93. The molecule has 3 N–H and O–H groups in total. The zero-order valence-corrected chi connectivity index (χ0v) is 13.4. The van der Waals surface area contributed by atoms with Gasteiger partial charge in [-0.2, -0.15) is 0 Å². The molecule has 0 saturated carbocycles. The number of nitrogens with zero attached hydrogens (tertiary/aromatic N) is 5. The molecule has 2 fully saturated rings. The zero-order valence-electron chi connectivity index (χ0n) is 13.4. The number of aliphatic hydroxyl groups excluding tert-OH is 2. The van der Waals surface area contributed by atoms with Gasteiger partial charge >= 0.3 is 0 Å². The number of rotatable bonds is 3. The van der Waals surface area contributed by atoms with Crippen molar-refractivity contribution in [2.24, 2.45) is 0 Å². The summed E-state index contributed by atoms with van der Waals surface area (Å²) in [6, 6.07) is 0. The minimum absolute atomic E-state index is 0.380. The van der Waals surface area contributed by atoms with Crippen LogP contribution in [0.4, 0.5) is 5.82 Å². The lowest BCUT2D eigenvalue weighted by Gasteiger charge is -2.27. The summed E-state index contributed by atoms with van der Waals surface area (Å²) in [5.41, 5.74) is -0.400. The minimum atomic E-state index is -1.57. The first-order valence-electron chi connectivity index (χ1n) is 8.13. The van der Waals surface area contributed by atoms with Gasteiger partial charge in [-0.1, -0.05) is 0 Å². The molecule has 9 nitrogen and oxygen atoms in total. The van der Waals surface area contributed by atoms with Gasteiger partial charge in [-0.15, -0.1) is 0 Å². The van der Waals surface area contributed by atoms with Gasteiger partial charge in [0.15, 0.2) is 23.2 Å². The summed E-state index contributed by atoms with van der Waals surface area (Å²) in [6.07, 6.45) is 2.29. The maximum absolute atomic E-state index is 10.6. The van der Waals surface area contributed by atoms with Crippen molar-refractivity contribution in [1.82, 2.24) is 19.5 Å². The van der Waals surface area contributed by atoms with Crippen LogP contribution in [0.25, 0.3) is 11.2 Å². The second kappa shape index (κ2) is 5.62.